The zero-order valence-electron chi connectivity index (χ0n) is 24.2. The van der Waals surface area contributed by atoms with Crippen LogP contribution in [-0.2, 0) is 9.53 Å². The van der Waals surface area contributed by atoms with Crippen LogP contribution in [0.15, 0.2) is 54.9 Å². The molecule has 2 atom stereocenters. The smallest absolute Gasteiger partial charge is 0.337 e. The van der Waals surface area contributed by atoms with Crippen molar-refractivity contribution in [3.8, 4) is 17.0 Å². The number of aliphatic carboxylic acids is 1. The summed E-state index contributed by atoms with van der Waals surface area (Å²) in [4.78, 5) is 24.3. The molecule has 208 valence electrons. The van der Waals surface area contributed by atoms with Gasteiger partial charge in [-0.1, -0.05) is 44.2 Å². The number of benzene rings is 1. The SMILES string of the molecule is Cc1ncc(-c2ccc(OC(C)c3ccccc3)cn2)c(N2CCC(C)(C)CC2)c1C(OC(C)(C)C)C(=O)O. The van der Waals surface area contributed by atoms with E-state index in [4.69, 9.17) is 14.5 Å². The summed E-state index contributed by atoms with van der Waals surface area (Å²) >= 11 is 0. The van der Waals surface area contributed by atoms with Crippen molar-refractivity contribution in [3.63, 3.8) is 0 Å². The highest BCUT2D eigenvalue weighted by Crippen LogP contribution is 2.43. The van der Waals surface area contributed by atoms with E-state index in [0.717, 1.165) is 42.7 Å². The van der Waals surface area contributed by atoms with Gasteiger partial charge in [0.05, 0.1) is 23.2 Å². The van der Waals surface area contributed by atoms with Crippen molar-refractivity contribution in [2.75, 3.05) is 18.0 Å². The molecule has 7 heteroatoms. The number of piperidine rings is 1. The van der Waals surface area contributed by atoms with Gasteiger partial charge in [0.15, 0.2) is 6.10 Å². The van der Waals surface area contributed by atoms with Gasteiger partial charge in [-0.2, -0.15) is 0 Å². The maximum absolute atomic E-state index is 12.6. The van der Waals surface area contributed by atoms with E-state index in [2.05, 4.69) is 23.7 Å². The first-order chi connectivity index (χ1) is 18.3. The highest BCUT2D eigenvalue weighted by atomic mass is 16.5. The van der Waals surface area contributed by atoms with Gasteiger partial charge in [-0.05, 0) is 70.6 Å². The van der Waals surface area contributed by atoms with Crippen molar-refractivity contribution in [1.82, 2.24) is 9.97 Å². The van der Waals surface area contributed by atoms with Gasteiger partial charge in [0.25, 0.3) is 0 Å². The van der Waals surface area contributed by atoms with Crippen molar-refractivity contribution in [1.29, 1.82) is 0 Å². The predicted molar refractivity (Wildman–Crippen MR) is 154 cm³/mol. The average molecular weight is 532 g/mol. The van der Waals surface area contributed by atoms with Crippen LogP contribution in [0.5, 0.6) is 5.75 Å². The minimum Gasteiger partial charge on any atom is -0.484 e. The van der Waals surface area contributed by atoms with Crippen LogP contribution in [0.3, 0.4) is 0 Å². The first kappa shape index (κ1) is 28.6. The quantitative estimate of drug-likeness (QED) is 0.330. The summed E-state index contributed by atoms with van der Waals surface area (Å²) in [6.45, 7) is 15.7. The first-order valence-electron chi connectivity index (χ1n) is 13.7. The molecule has 39 heavy (non-hydrogen) atoms. The van der Waals surface area contributed by atoms with Crippen molar-refractivity contribution in [2.24, 2.45) is 5.41 Å². The zero-order chi connectivity index (χ0) is 28.4. The Morgan fingerprint density at radius 1 is 1.03 bits per heavy atom. The molecule has 3 heterocycles. The standard InChI is InChI=1S/C32H41N3O4/c1-21-27(29(30(36)37)39-31(3,4)5)28(35-17-15-32(6,7)16-18-35)25(20-33-21)26-14-13-24(19-34-26)38-22(2)23-11-9-8-10-12-23/h8-14,19-20,22,29H,15-18H2,1-7H3,(H,36,37). The summed E-state index contributed by atoms with van der Waals surface area (Å²) in [6.07, 6.45) is 4.25. The number of pyridine rings is 2. The fourth-order valence-corrected chi connectivity index (χ4v) is 4.98. The van der Waals surface area contributed by atoms with E-state index in [0.29, 0.717) is 22.7 Å². The van der Waals surface area contributed by atoms with E-state index in [1.54, 1.807) is 12.4 Å². The van der Waals surface area contributed by atoms with E-state index < -0.39 is 17.7 Å². The Morgan fingerprint density at radius 2 is 1.69 bits per heavy atom. The highest BCUT2D eigenvalue weighted by Gasteiger charge is 2.36. The Kier molecular flexibility index (Phi) is 8.31. The number of rotatable bonds is 8. The van der Waals surface area contributed by atoms with E-state index in [1.165, 1.54) is 0 Å². The maximum Gasteiger partial charge on any atom is 0.337 e. The topological polar surface area (TPSA) is 84.8 Å². The molecule has 7 nitrogen and oxygen atoms in total. The lowest BCUT2D eigenvalue weighted by Crippen LogP contribution is -2.39. The van der Waals surface area contributed by atoms with Gasteiger partial charge in [0.2, 0.25) is 0 Å². The fraction of sp³-hybridized carbons (Fsp3) is 0.469. The van der Waals surface area contributed by atoms with Gasteiger partial charge in [-0.25, -0.2) is 4.79 Å². The van der Waals surface area contributed by atoms with Gasteiger partial charge >= 0.3 is 5.97 Å². The number of anilines is 1. The van der Waals surface area contributed by atoms with E-state index >= 15 is 0 Å². The maximum atomic E-state index is 12.6. The zero-order valence-corrected chi connectivity index (χ0v) is 24.2. The molecular formula is C32H41N3O4. The Bertz CT molecular complexity index is 1270. The number of hydrogen-bond acceptors (Lipinski definition) is 6. The monoisotopic (exact) mass is 531 g/mol. The lowest BCUT2D eigenvalue weighted by Gasteiger charge is -2.40. The van der Waals surface area contributed by atoms with E-state index in [1.807, 2.05) is 77.1 Å². The van der Waals surface area contributed by atoms with Crippen molar-refractivity contribution < 1.29 is 19.4 Å². The second-order valence-corrected chi connectivity index (χ2v) is 12.2. The molecule has 1 fully saturated rings. The van der Waals surface area contributed by atoms with Crippen molar-refractivity contribution in [2.45, 2.75) is 79.1 Å². The van der Waals surface area contributed by atoms with Crippen LogP contribution in [0.25, 0.3) is 11.3 Å². The van der Waals surface area contributed by atoms with E-state index in [9.17, 15) is 9.90 Å². The van der Waals surface area contributed by atoms with Crippen LogP contribution < -0.4 is 9.64 Å². The number of aryl methyl sites for hydroxylation is 1. The number of carbonyl (C=O) groups is 1. The Labute approximate surface area is 232 Å². The molecule has 1 aromatic carbocycles. The third-order valence-corrected chi connectivity index (χ3v) is 7.27. The minimum absolute atomic E-state index is 0.121. The molecule has 1 aliphatic heterocycles. The lowest BCUT2D eigenvalue weighted by molar-refractivity contribution is -0.160. The van der Waals surface area contributed by atoms with Gasteiger partial charge in [-0.3, -0.25) is 9.97 Å². The lowest BCUT2D eigenvalue weighted by atomic mass is 9.82. The number of carboxylic acids is 1. The molecule has 0 spiro atoms. The molecule has 0 saturated carbocycles. The van der Waals surface area contributed by atoms with Crippen LogP contribution in [0.1, 0.15) is 83.4 Å². The van der Waals surface area contributed by atoms with Crippen LogP contribution in [0.2, 0.25) is 0 Å². The number of hydrogen-bond donors (Lipinski definition) is 1. The second kappa shape index (κ2) is 11.3. The van der Waals surface area contributed by atoms with Gasteiger partial charge in [0, 0.05) is 36.1 Å². The number of ether oxygens (including phenoxy) is 2. The van der Waals surface area contributed by atoms with Crippen molar-refractivity contribution >= 4 is 11.7 Å². The van der Waals surface area contributed by atoms with Crippen LogP contribution >= 0.6 is 0 Å². The molecule has 0 radical (unpaired) electrons. The Morgan fingerprint density at radius 3 is 2.26 bits per heavy atom. The summed E-state index contributed by atoms with van der Waals surface area (Å²) < 4.78 is 12.3. The Hall–Kier alpha value is -3.45. The summed E-state index contributed by atoms with van der Waals surface area (Å²) in [5, 5.41) is 10.3. The minimum atomic E-state index is -1.16. The molecule has 0 aliphatic carbocycles. The molecule has 3 aromatic rings. The van der Waals surface area contributed by atoms with Gasteiger partial charge in [-0.15, -0.1) is 0 Å². The molecule has 2 aromatic heterocycles. The summed E-state index contributed by atoms with van der Waals surface area (Å²) in [5.41, 5.74) is 4.25. The third-order valence-electron chi connectivity index (χ3n) is 7.27. The molecule has 1 saturated heterocycles. The molecule has 1 N–H and O–H groups in total. The third kappa shape index (κ3) is 6.95. The molecule has 0 bridgehead atoms. The summed E-state index contributed by atoms with van der Waals surface area (Å²) in [5.74, 6) is -0.367. The van der Waals surface area contributed by atoms with E-state index in [-0.39, 0.29) is 11.5 Å². The molecule has 2 unspecified atom stereocenters. The normalized spacial score (nSPS) is 16.9. The predicted octanol–water partition coefficient (Wildman–Crippen LogP) is 7.16. The van der Waals surface area contributed by atoms with Crippen LogP contribution in [-0.4, -0.2) is 39.7 Å². The molecule has 4 rings (SSSR count). The molecular weight excluding hydrogens is 490 g/mol. The van der Waals surface area contributed by atoms with Gasteiger partial charge < -0.3 is 19.5 Å². The molecule has 1 aliphatic rings. The number of carboxylic acid groups (broad SMARTS) is 1. The number of aromatic nitrogens is 2. The van der Waals surface area contributed by atoms with Crippen LogP contribution in [0, 0.1) is 12.3 Å². The summed E-state index contributed by atoms with van der Waals surface area (Å²) in [6, 6.07) is 13.9. The van der Waals surface area contributed by atoms with Gasteiger partial charge in [0.1, 0.15) is 11.9 Å². The average Bonchev–Trinajstić information content (AvgIpc) is 2.88. The largest absolute Gasteiger partial charge is 0.484 e. The fourth-order valence-electron chi connectivity index (χ4n) is 4.98. The molecule has 0 amide bonds. The van der Waals surface area contributed by atoms with Crippen LogP contribution in [0.4, 0.5) is 5.69 Å². The Balaban J connectivity index is 1.76. The first-order valence-corrected chi connectivity index (χ1v) is 13.7. The number of nitrogens with zero attached hydrogens (tertiary/aromatic N) is 3. The summed E-state index contributed by atoms with van der Waals surface area (Å²) in [7, 11) is 0. The van der Waals surface area contributed by atoms with Crippen molar-refractivity contribution in [3.05, 3.63) is 71.7 Å². The highest BCUT2D eigenvalue weighted by molar-refractivity contribution is 5.85. The second-order valence-electron chi connectivity index (χ2n) is 12.2.